The van der Waals surface area contributed by atoms with Crippen LogP contribution < -0.4 is 5.32 Å². The maximum atomic E-state index is 12.6. The molecule has 0 aliphatic rings. The molecule has 0 aromatic heterocycles. The fourth-order valence-corrected chi connectivity index (χ4v) is 3.32. The van der Waals surface area contributed by atoms with Gasteiger partial charge in [0.1, 0.15) is 31.5 Å². The van der Waals surface area contributed by atoms with Crippen molar-refractivity contribution in [3.8, 4) is 0 Å². The Kier molecular flexibility index (Phi) is 12.0. The molecule has 10 heteroatoms. The quantitative estimate of drug-likeness (QED) is 0.203. The third-order valence-corrected chi connectivity index (χ3v) is 5.44. The molecule has 0 unspecified atom stereocenters. The van der Waals surface area contributed by atoms with E-state index in [4.69, 9.17) is 18.9 Å². The van der Waals surface area contributed by atoms with Crippen LogP contribution in [0.1, 0.15) is 59.1 Å². The largest absolute Gasteiger partial charge is 0.508 e. The number of aliphatic carboxylic acids is 1. The minimum atomic E-state index is -1.18. The smallest absolute Gasteiger partial charge is 0.481 e. The summed E-state index contributed by atoms with van der Waals surface area (Å²) in [6.07, 6.45) is -2.19. The highest BCUT2D eigenvalue weighted by molar-refractivity contribution is 5.89. The van der Waals surface area contributed by atoms with Gasteiger partial charge in [0.2, 0.25) is 5.90 Å². The number of nitrogens with one attached hydrogen (secondary N) is 1. The number of hydrogen-bond acceptors (Lipinski definition) is 8. The molecule has 0 aliphatic heterocycles. The van der Waals surface area contributed by atoms with E-state index in [0.717, 1.165) is 11.1 Å². The average Bonchev–Trinajstić information content (AvgIpc) is 2.85. The topological polar surface area (TPSA) is 133 Å². The van der Waals surface area contributed by atoms with Gasteiger partial charge in [-0.25, -0.2) is 14.6 Å². The Morgan fingerprint density at radius 1 is 0.825 bits per heavy atom. The van der Waals surface area contributed by atoms with Gasteiger partial charge < -0.3 is 29.4 Å². The summed E-state index contributed by atoms with van der Waals surface area (Å²) < 4.78 is 21.9. The van der Waals surface area contributed by atoms with Gasteiger partial charge in [-0.3, -0.25) is 4.79 Å². The number of carboxylic acids is 1. The lowest BCUT2D eigenvalue weighted by atomic mass is 9.87. The number of hydrogen-bond donors (Lipinski definition) is 2. The third-order valence-electron chi connectivity index (χ3n) is 5.44. The molecule has 2 rings (SSSR count). The van der Waals surface area contributed by atoms with Gasteiger partial charge in [0.25, 0.3) is 0 Å². The highest BCUT2D eigenvalue weighted by atomic mass is 16.7. The molecule has 0 fully saturated rings. The van der Waals surface area contributed by atoms with Gasteiger partial charge in [0.05, 0.1) is 12.5 Å². The minimum absolute atomic E-state index is 0.0294. The van der Waals surface area contributed by atoms with Gasteiger partial charge in [-0.2, -0.15) is 0 Å². The van der Waals surface area contributed by atoms with E-state index in [9.17, 15) is 19.5 Å². The monoisotopic (exact) mass is 556 g/mol. The van der Waals surface area contributed by atoms with Crippen LogP contribution in [0.3, 0.4) is 0 Å². The van der Waals surface area contributed by atoms with E-state index in [1.165, 1.54) is 0 Å². The molecular weight excluding hydrogens is 516 g/mol. The number of ether oxygens (including phenoxy) is 4. The second-order valence-electron chi connectivity index (χ2n) is 11.3. The van der Waals surface area contributed by atoms with Crippen LogP contribution >= 0.6 is 0 Å². The summed E-state index contributed by atoms with van der Waals surface area (Å²) in [4.78, 5) is 41.4. The van der Waals surface area contributed by atoms with Gasteiger partial charge in [-0.05, 0) is 37.3 Å². The summed E-state index contributed by atoms with van der Waals surface area (Å²) in [5.74, 6) is -1.21. The van der Waals surface area contributed by atoms with Crippen molar-refractivity contribution < 1.29 is 38.4 Å². The first-order valence-electron chi connectivity index (χ1n) is 13.0. The number of nitrogens with zero attached hydrogens (tertiary/aromatic N) is 1. The van der Waals surface area contributed by atoms with Gasteiger partial charge >= 0.3 is 18.2 Å². The second-order valence-corrected chi connectivity index (χ2v) is 11.3. The lowest BCUT2D eigenvalue weighted by Gasteiger charge is -2.29. The molecule has 2 atom stereocenters. The molecule has 218 valence electrons. The molecule has 0 aliphatic carbocycles. The maximum absolute atomic E-state index is 12.6. The van der Waals surface area contributed by atoms with Crippen LogP contribution in [0, 0.1) is 5.41 Å². The van der Waals surface area contributed by atoms with E-state index >= 15 is 0 Å². The summed E-state index contributed by atoms with van der Waals surface area (Å²) in [7, 11) is 0. The first-order valence-corrected chi connectivity index (χ1v) is 13.0. The normalized spacial score (nSPS) is 13.5. The Bertz CT molecular complexity index is 1120. The van der Waals surface area contributed by atoms with Crippen molar-refractivity contribution in [1.82, 2.24) is 5.32 Å². The Labute approximate surface area is 235 Å². The van der Waals surface area contributed by atoms with Gasteiger partial charge in [-0.1, -0.05) is 81.4 Å². The van der Waals surface area contributed by atoms with Crippen molar-refractivity contribution in [3.63, 3.8) is 0 Å². The van der Waals surface area contributed by atoms with E-state index in [-0.39, 0.29) is 25.7 Å². The van der Waals surface area contributed by atoms with Crippen molar-refractivity contribution >= 4 is 24.1 Å². The fourth-order valence-electron chi connectivity index (χ4n) is 3.32. The molecule has 1 amide bonds. The predicted molar refractivity (Wildman–Crippen MR) is 150 cm³/mol. The number of carboxylic acid groups (broad SMARTS) is 1. The van der Waals surface area contributed by atoms with E-state index in [0.29, 0.717) is 0 Å². The second kappa shape index (κ2) is 14.9. The van der Waals surface area contributed by atoms with Crippen molar-refractivity contribution in [1.29, 1.82) is 0 Å². The molecule has 0 radical (unpaired) electrons. The van der Waals surface area contributed by atoms with Crippen LogP contribution in [0.5, 0.6) is 0 Å². The molecular formula is C30H40N2O8. The van der Waals surface area contributed by atoms with E-state index in [1.807, 2.05) is 81.4 Å². The van der Waals surface area contributed by atoms with E-state index < -0.39 is 47.7 Å². The summed E-state index contributed by atoms with van der Waals surface area (Å²) >= 11 is 0. The number of amides is 1. The number of carbonyl (C=O) groups excluding carboxylic acids is 2. The van der Waals surface area contributed by atoms with Crippen molar-refractivity contribution in [2.24, 2.45) is 10.4 Å². The summed E-state index contributed by atoms with van der Waals surface area (Å²) in [6, 6.07) is 16.6. The van der Waals surface area contributed by atoms with Crippen molar-refractivity contribution in [3.05, 3.63) is 71.8 Å². The number of benzene rings is 2. The Hall–Kier alpha value is -4.08. The number of carbonyl (C=O) groups is 3. The van der Waals surface area contributed by atoms with Crippen LogP contribution in [0.15, 0.2) is 65.7 Å². The standard InChI is InChI=1S/C30H40N2O8/c1-29(2,3)24(20-39-28(36)38-19-22-15-11-8-12-16-22)32-26(37-18-21-13-9-7-10-14-21)23(17-25(33)34)31-27(35)40-30(4,5)6/h7-16,23-24H,17-20H2,1-6H3,(H,31,35)(H,33,34)/t23-,24-/m1/s1. The van der Waals surface area contributed by atoms with Crippen molar-refractivity contribution in [2.45, 2.75) is 78.9 Å². The zero-order valence-electron chi connectivity index (χ0n) is 24.0. The van der Waals surface area contributed by atoms with Crippen molar-refractivity contribution in [2.75, 3.05) is 6.61 Å². The number of aliphatic imine (C=N–C) groups is 1. The molecule has 0 bridgehead atoms. The average molecular weight is 557 g/mol. The third kappa shape index (κ3) is 12.6. The Morgan fingerprint density at radius 3 is 1.82 bits per heavy atom. The molecule has 40 heavy (non-hydrogen) atoms. The van der Waals surface area contributed by atoms with Crippen LogP contribution in [-0.4, -0.2) is 53.5 Å². The molecule has 0 spiro atoms. The summed E-state index contributed by atoms with van der Waals surface area (Å²) in [5.41, 5.74) is 0.281. The van der Waals surface area contributed by atoms with Crippen LogP contribution in [-0.2, 0) is 37.0 Å². The Morgan fingerprint density at radius 2 is 1.35 bits per heavy atom. The number of alkyl carbamates (subject to hydrolysis) is 1. The molecule has 2 aromatic rings. The van der Waals surface area contributed by atoms with Crippen LogP contribution in [0.25, 0.3) is 0 Å². The van der Waals surface area contributed by atoms with Gasteiger partial charge in [0, 0.05) is 0 Å². The lowest BCUT2D eigenvalue weighted by molar-refractivity contribution is -0.137. The molecule has 2 aromatic carbocycles. The number of rotatable bonds is 11. The highest BCUT2D eigenvalue weighted by Gasteiger charge is 2.31. The van der Waals surface area contributed by atoms with E-state index in [2.05, 4.69) is 10.3 Å². The molecule has 0 heterocycles. The predicted octanol–water partition coefficient (Wildman–Crippen LogP) is 5.74. The molecule has 10 nitrogen and oxygen atoms in total. The lowest BCUT2D eigenvalue weighted by Crippen LogP contribution is -2.46. The zero-order valence-corrected chi connectivity index (χ0v) is 24.0. The van der Waals surface area contributed by atoms with Crippen LogP contribution in [0.2, 0.25) is 0 Å². The Balaban J connectivity index is 2.29. The fraction of sp³-hybridized carbons (Fsp3) is 0.467. The van der Waals surface area contributed by atoms with Gasteiger partial charge in [-0.15, -0.1) is 0 Å². The maximum Gasteiger partial charge on any atom is 0.508 e. The van der Waals surface area contributed by atoms with E-state index in [1.54, 1.807) is 20.8 Å². The first-order chi connectivity index (χ1) is 18.7. The highest BCUT2D eigenvalue weighted by Crippen LogP contribution is 2.24. The zero-order chi connectivity index (χ0) is 29.8. The minimum Gasteiger partial charge on any atom is -0.481 e. The molecule has 0 saturated heterocycles. The molecule has 2 N–H and O–H groups in total. The first kappa shape index (κ1) is 32.1. The summed E-state index contributed by atoms with van der Waals surface area (Å²) in [5, 5.41) is 12.2. The SMILES string of the molecule is CC(C)(C)OC(=O)N[C@H](CC(=O)O)C(=N[C@H](COC(=O)OCc1ccccc1)C(C)(C)C)OCc1ccccc1. The van der Waals surface area contributed by atoms with Crippen LogP contribution in [0.4, 0.5) is 9.59 Å². The summed E-state index contributed by atoms with van der Waals surface area (Å²) in [6.45, 7) is 10.7. The van der Waals surface area contributed by atoms with Gasteiger partial charge in [0.15, 0.2) is 0 Å². The molecule has 0 saturated carbocycles.